The molecule has 4 N–H and O–H groups in total. The van der Waals surface area contributed by atoms with Crippen LogP contribution < -0.4 is 11.5 Å². The fraction of sp³-hybridized carbons (Fsp3) is 0.562. The summed E-state index contributed by atoms with van der Waals surface area (Å²) in [6, 6.07) is 3.92. The minimum Gasteiger partial charge on any atom is -0.370 e. The Balaban J connectivity index is 2.65. The SMILES string of the molecule is CCCCCCCCSc1ccc(N=C(N)N)cc1C(F)(F)F. The summed E-state index contributed by atoms with van der Waals surface area (Å²) >= 11 is 1.23. The molecule has 0 aromatic heterocycles. The Morgan fingerprint density at radius 2 is 1.74 bits per heavy atom. The summed E-state index contributed by atoms with van der Waals surface area (Å²) in [5.74, 6) is 0.419. The van der Waals surface area contributed by atoms with Crippen LogP contribution in [0, 0.1) is 0 Å². The van der Waals surface area contributed by atoms with Gasteiger partial charge < -0.3 is 11.5 Å². The first-order valence-electron chi connectivity index (χ1n) is 7.78. The van der Waals surface area contributed by atoms with E-state index in [4.69, 9.17) is 11.5 Å². The quantitative estimate of drug-likeness (QED) is 0.284. The minimum absolute atomic E-state index is 0.112. The Kier molecular flexibility index (Phi) is 8.30. The van der Waals surface area contributed by atoms with E-state index in [1.807, 2.05) is 0 Å². The maximum atomic E-state index is 13.2. The lowest BCUT2D eigenvalue weighted by Gasteiger charge is -2.13. The van der Waals surface area contributed by atoms with Crippen LogP contribution in [0.5, 0.6) is 0 Å². The molecule has 1 aromatic carbocycles. The lowest BCUT2D eigenvalue weighted by molar-refractivity contribution is -0.139. The molecule has 0 radical (unpaired) electrons. The Morgan fingerprint density at radius 3 is 2.35 bits per heavy atom. The molecule has 3 nitrogen and oxygen atoms in total. The molecule has 0 amide bonds. The topological polar surface area (TPSA) is 64.4 Å². The van der Waals surface area contributed by atoms with E-state index in [0.29, 0.717) is 5.75 Å². The average Bonchev–Trinajstić information content (AvgIpc) is 2.46. The highest BCUT2D eigenvalue weighted by molar-refractivity contribution is 7.99. The number of nitrogens with zero attached hydrogens (tertiary/aromatic N) is 1. The number of alkyl halides is 3. The third kappa shape index (κ3) is 7.63. The molecule has 7 heteroatoms. The predicted octanol–water partition coefficient (Wildman–Crippen LogP) is 5.06. The van der Waals surface area contributed by atoms with Gasteiger partial charge in [-0.05, 0) is 30.4 Å². The molecule has 0 aliphatic carbocycles. The standard InChI is InChI=1S/C16H24F3N3S/c1-2-3-4-5-6-7-10-23-14-9-8-12(22-15(20)21)11-13(14)16(17,18)19/h8-9,11H,2-7,10H2,1H3,(H4,20,21,22). The second-order valence-corrected chi connectivity index (χ2v) is 6.47. The highest BCUT2D eigenvalue weighted by Crippen LogP contribution is 2.39. The smallest absolute Gasteiger partial charge is 0.370 e. The second-order valence-electron chi connectivity index (χ2n) is 5.33. The number of halogens is 3. The lowest BCUT2D eigenvalue weighted by atomic mass is 10.1. The van der Waals surface area contributed by atoms with Gasteiger partial charge in [0.05, 0.1) is 11.3 Å². The summed E-state index contributed by atoms with van der Waals surface area (Å²) in [6.07, 6.45) is 2.30. The molecular formula is C16H24F3N3S. The second kappa shape index (κ2) is 9.70. The van der Waals surface area contributed by atoms with Crippen LogP contribution in [0.2, 0.25) is 0 Å². The Bertz CT molecular complexity index is 512. The molecule has 0 unspecified atom stereocenters. The van der Waals surface area contributed by atoms with Crippen molar-refractivity contribution in [3.8, 4) is 0 Å². The molecule has 0 bridgehead atoms. The fourth-order valence-electron chi connectivity index (χ4n) is 2.15. The molecule has 0 aliphatic rings. The van der Waals surface area contributed by atoms with E-state index in [2.05, 4.69) is 11.9 Å². The van der Waals surface area contributed by atoms with Gasteiger partial charge in [0.2, 0.25) is 0 Å². The first-order chi connectivity index (χ1) is 10.8. The lowest BCUT2D eigenvalue weighted by Crippen LogP contribution is -2.22. The summed E-state index contributed by atoms with van der Waals surface area (Å²) in [7, 11) is 0. The van der Waals surface area contributed by atoms with Crippen LogP contribution in [-0.4, -0.2) is 11.7 Å². The van der Waals surface area contributed by atoms with E-state index in [1.165, 1.54) is 43.2 Å². The van der Waals surface area contributed by atoms with Gasteiger partial charge in [-0.25, -0.2) is 4.99 Å². The molecule has 23 heavy (non-hydrogen) atoms. The number of hydrogen-bond acceptors (Lipinski definition) is 2. The molecule has 0 atom stereocenters. The number of thioether (sulfide) groups is 1. The van der Waals surface area contributed by atoms with Gasteiger partial charge in [0.25, 0.3) is 0 Å². The van der Waals surface area contributed by atoms with Crippen LogP contribution in [0.1, 0.15) is 51.0 Å². The number of hydrogen-bond donors (Lipinski definition) is 2. The van der Waals surface area contributed by atoms with Crippen molar-refractivity contribution >= 4 is 23.4 Å². The molecule has 0 heterocycles. The monoisotopic (exact) mass is 347 g/mol. The van der Waals surface area contributed by atoms with E-state index < -0.39 is 11.7 Å². The van der Waals surface area contributed by atoms with E-state index >= 15 is 0 Å². The summed E-state index contributed by atoms with van der Waals surface area (Å²) in [6.45, 7) is 2.15. The molecule has 1 aromatic rings. The molecule has 0 saturated carbocycles. The van der Waals surface area contributed by atoms with Crippen molar-refractivity contribution in [2.24, 2.45) is 16.5 Å². The summed E-state index contributed by atoms with van der Waals surface area (Å²) in [5.41, 5.74) is 9.85. The first-order valence-corrected chi connectivity index (χ1v) is 8.77. The Hall–Kier alpha value is -1.37. The third-order valence-corrected chi connectivity index (χ3v) is 4.44. The van der Waals surface area contributed by atoms with Gasteiger partial charge in [0.15, 0.2) is 5.96 Å². The van der Waals surface area contributed by atoms with Crippen molar-refractivity contribution < 1.29 is 13.2 Å². The molecular weight excluding hydrogens is 323 g/mol. The van der Waals surface area contributed by atoms with Gasteiger partial charge >= 0.3 is 6.18 Å². The van der Waals surface area contributed by atoms with Gasteiger partial charge in [0, 0.05) is 4.90 Å². The molecule has 0 aliphatic heterocycles. The number of nitrogens with two attached hydrogens (primary N) is 2. The van der Waals surface area contributed by atoms with Crippen molar-refractivity contribution in [1.82, 2.24) is 0 Å². The first kappa shape index (κ1) is 19.7. The maximum absolute atomic E-state index is 13.2. The predicted molar refractivity (Wildman–Crippen MR) is 91.0 cm³/mol. The highest BCUT2D eigenvalue weighted by atomic mass is 32.2. The number of benzene rings is 1. The van der Waals surface area contributed by atoms with Crippen molar-refractivity contribution in [2.75, 3.05) is 5.75 Å². The van der Waals surface area contributed by atoms with Crippen LogP contribution in [0.25, 0.3) is 0 Å². The van der Waals surface area contributed by atoms with E-state index in [0.717, 1.165) is 25.3 Å². The molecule has 0 saturated heterocycles. The van der Waals surface area contributed by atoms with E-state index in [1.54, 1.807) is 0 Å². The van der Waals surface area contributed by atoms with Crippen molar-refractivity contribution in [3.63, 3.8) is 0 Å². The van der Waals surface area contributed by atoms with Crippen molar-refractivity contribution in [1.29, 1.82) is 0 Å². The fourth-order valence-corrected chi connectivity index (χ4v) is 3.21. The number of rotatable bonds is 9. The van der Waals surface area contributed by atoms with Crippen LogP contribution in [0.15, 0.2) is 28.1 Å². The minimum atomic E-state index is -4.42. The van der Waals surface area contributed by atoms with Gasteiger partial charge in [-0.1, -0.05) is 39.0 Å². The van der Waals surface area contributed by atoms with Crippen LogP contribution in [0.3, 0.4) is 0 Å². The molecule has 1 rings (SSSR count). The van der Waals surface area contributed by atoms with Crippen LogP contribution >= 0.6 is 11.8 Å². The zero-order chi connectivity index (χ0) is 17.3. The maximum Gasteiger partial charge on any atom is 0.417 e. The largest absolute Gasteiger partial charge is 0.417 e. The molecule has 0 spiro atoms. The van der Waals surface area contributed by atoms with Crippen molar-refractivity contribution in [3.05, 3.63) is 23.8 Å². The van der Waals surface area contributed by atoms with Gasteiger partial charge in [0.1, 0.15) is 0 Å². The van der Waals surface area contributed by atoms with Crippen LogP contribution in [-0.2, 0) is 6.18 Å². The Morgan fingerprint density at radius 1 is 1.09 bits per heavy atom. The Labute approximate surface area is 139 Å². The normalized spacial score (nSPS) is 11.5. The average molecular weight is 347 g/mol. The molecule has 130 valence electrons. The number of unbranched alkanes of at least 4 members (excludes halogenated alkanes) is 5. The van der Waals surface area contributed by atoms with Gasteiger partial charge in [-0.15, -0.1) is 11.8 Å². The number of aliphatic imine (C=N–C) groups is 1. The zero-order valence-electron chi connectivity index (χ0n) is 13.3. The molecule has 0 fully saturated rings. The van der Waals surface area contributed by atoms with E-state index in [-0.39, 0.29) is 16.5 Å². The summed E-state index contributed by atoms with van der Waals surface area (Å²) < 4.78 is 39.5. The van der Waals surface area contributed by atoms with Crippen molar-refractivity contribution in [2.45, 2.75) is 56.5 Å². The summed E-state index contributed by atoms with van der Waals surface area (Å²) in [5, 5.41) is 0. The highest BCUT2D eigenvalue weighted by Gasteiger charge is 2.33. The zero-order valence-corrected chi connectivity index (χ0v) is 14.1. The third-order valence-electron chi connectivity index (χ3n) is 3.28. The van der Waals surface area contributed by atoms with Gasteiger partial charge in [-0.3, -0.25) is 0 Å². The number of guanidine groups is 1. The van der Waals surface area contributed by atoms with E-state index in [9.17, 15) is 13.2 Å². The van der Waals surface area contributed by atoms with Gasteiger partial charge in [-0.2, -0.15) is 13.2 Å². The summed E-state index contributed by atoms with van der Waals surface area (Å²) in [4.78, 5) is 3.90. The van der Waals surface area contributed by atoms with Crippen LogP contribution in [0.4, 0.5) is 18.9 Å².